The van der Waals surface area contributed by atoms with E-state index < -0.39 is 10.2 Å². The van der Waals surface area contributed by atoms with Gasteiger partial charge in [-0.25, -0.2) is 0 Å². The largest absolute Gasteiger partial charge is 0.358 e. The molecule has 2 aromatic rings. The molecule has 0 amide bonds. The molecule has 0 saturated heterocycles. The van der Waals surface area contributed by atoms with Crippen LogP contribution in [0.1, 0.15) is 6.42 Å². The molecule has 2 unspecified atom stereocenters. The Morgan fingerprint density at radius 3 is 1.28 bits per heavy atom. The van der Waals surface area contributed by atoms with E-state index in [1.54, 1.807) is 7.14 Å². The van der Waals surface area contributed by atoms with Crippen LogP contribution in [0.5, 0.6) is 0 Å². The molecule has 2 bridgehead atoms. The summed E-state index contributed by atoms with van der Waals surface area (Å²) in [5.74, 6) is 1.53. The second-order valence-corrected chi connectivity index (χ2v) is 11.7. The number of benzene rings is 2. The lowest BCUT2D eigenvalue weighted by Crippen LogP contribution is -3.66. The average molecular weight is 622 g/mol. The molecule has 0 spiro atoms. The van der Waals surface area contributed by atoms with Crippen molar-refractivity contribution in [2.24, 2.45) is 11.8 Å². The van der Waals surface area contributed by atoms with Crippen LogP contribution in [0, 0.1) is 49.6 Å². The predicted octanol–water partition coefficient (Wildman–Crippen LogP) is -2.16. The maximum Gasteiger partial charge on any atom is 0.358 e. The Morgan fingerprint density at radius 1 is 0.655 bits per heavy atom. The first-order valence-corrected chi connectivity index (χ1v) is 12.6. The third-order valence-corrected chi connectivity index (χ3v) is 11.5. The van der Waals surface area contributed by atoms with Crippen LogP contribution < -0.4 is 42.4 Å². The van der Waals surface area contributed by atoms with Gasteiger partial charge in [-0.3, -0.25) is 0 Å². The van der Waals surface area contributed by atoms with E-state index in [-0.39, 0.29) is 42.4 Å². The topological polar surface area (TPSA) is 132 Å². The zero-order chi connectivity index (χ0) is 21.2. The van der Waals surface area contributed by atoms with Crippen molar-refractivity contribution in [1.29, 1.82) is 0 Å². The van der Waals surface area contributed by atoms with Crippen molar-refractivity contribution in [1.82, 2.24) is 0 Å². The number of halogens is 2. The molecule has 0 aliphatic heterocycles. The van der Waals surface area contributed by atoms with Gasteiger partial charge in [-0.15, -0.1) is 0 Å². The highest BCUT2D eigenvalue weighted by Gasteiger charge is 2.50. The first-order chi connectivity index (χ1) is 13.9. The van der Waals surface area contributed by atoms with E-state index in [1.165, 1.54) is 6.42 Å². The minimum absolute atomic E-state index is 0.0244. The number of nitrogens with zero attached hydrogens (tertiary/aromatic N) is 2. The SMILES string of the molecule is C1=CC2CC1C([I+]c1ccccc1)=C2[I+]c1ccccc1.O=[N+]([O-])[O-].O=[N+]([O-])[O-]. The molecule has 0 aromatic heterocycles. The molecule has 8 nitrogen and oxygen atoms in total. The van der Waals surface area contributed by atoms with Gasteiger partial charge in [0.05, 0.1) is 22.0 Å². The molecule has 2 aliphatic rings. The predicted molar refractivity (Wildman–Crippen MR) is 98.8 cm³/mol. The maximum atomic E-state index is 8.25. The Bertz CT molecular complexity index is 811. The molecule has 29 heavy (non-hydrogen) atoms. The highest BCUT2D eigenvalue weighted by atomic mass is 127. The third-order valence-electron chi connectivity index (χ3n) is 3.85. The second kappa shape index (κ2) is 11.7. The summed E-state index contributed by atoms with van der Waals surface area (Å²) >= 11 is 0.0488. The molecular formula is C19H16I2N2O6. The minimum atomic E-state index is -1.75. The molecule has 0 saturated carbocycles. The highest BCUT2D eigenvalue weighted by molar-refractivity contribution is 5.29. The maximum absolute atomic E-state index is 8.25. The number of hydrogen-bond donors (Lipinski definition) is 0. The zero-order valence-electron chi connectivity index (χ0n) is 14.9. The lowest BCUT2D eigenvalue weighted by Gasteiger charge is -1.98. The average Bonchev–Trinajstić information content (AvgIpc) is 3.26. The Morgan fingerprint density at radius 2 is 0.966 bits per heavy atom. The third kappa shape index (κ3) is 7.97. The summed E-state index contributed by atoms with van der Waals surface area (Å²) < 4.78 is 6.82. The van der Waals surface area contributed by atoms with E-state index in [1.807, 2.05) is 7.16 Å². The van der Waals surface area contributed by atoms with Crippen molar-refractivity contribution >= 4 is 0 Å². The summed E-state index contributed by atoms with van der Waals surface area (Å²) in [5, 5.41) is 29.5. The van der Waals surface area contributed by atoms with Gasteiger partial charge in [-0.2, -0.15) is 0 Å². The highest BCUT2D eigenvalue weighted by Crippen LogP contribution is 2.36. The fourth-order valence-corrected chi connectivity index (χ4v) is 10.1. The molecule has 0 N–H and O–H groups in total. The van der Waals surface area contributed by atoms with Gasteiger partial charge < -0.3 is 30.6 Å². The van der Waals surface area contributed by atoms with Crippen molar-refractivity contribution in [2.75, 3.05) is 0 Å². The second-order valence-electron chi connectivity index (χ2n) is 5.76. The Labute approximate surface area is 187 Å². The molecule has 2 aliphatic carbocycles. The quantitative estimate of drug-likeness (QED) is 0.165. The number of hydrogen-bond acceptors (Lipinski definition) is 6. The smallest absolute Gasteiger partial charge is 0.356 e. The van der Waals surface area contributed by atoms with Crippen molar-refractivity contribution in [3.63, 3.8) is 0 Å². The lowest BCUT2D eigenvalue weighted by molar-refractivity contribution is -0.622. The van der Waals surface area contributed by atoms with Gasteiger partial charge in [0.1, 0.15) is 0 Å². The van der Waals surface area contributed by atoms with Crippen LogP contribution in [0.3, 0.4) is 0 Å². The first kappa shape index (κ1) is 23.1. The molecule has 4 rings (SSSR count). The Balaban J connectivity index is 0.000000324. The van der Waals surface area contributed by atoms with E-state index in [0.29, 0.717) is 0 Å². The summed E-state index contributed by atoms with van der Waals surface area (Å²) in [6, 6.07) is 22.2. The Kier molecular flexibility index (Phi) is 9.31. The van der Waals surface area contributed by atoms with Gasteiger partial charge in [0.25, 0.3) is 0 Å². The number of allylic oxidation sites excluding steroid dienone is 4. The van der Waals surface area contributed by atoms with E-state index in [0.717, 1.165) is 11.8 Å². The van der Waals surface area contributed by atoms with Gasteiger partial charge in [-0.05, 0) is 30.7 Å². The molecule has 0 heterocycles. The minimum Gasteiger partial charge on any atom is -0.356 e. The number of fused-ring (bicyclic) bond motifs is 2. The molecule has 2 atom stereocenters. The van der Waals surface area contributed by atoms with Crippen LogP contribution in [-0.4, -0.2) is 10.2 Å². The van der Waals surface area contributed by atoms with Crippen molar-refractivity contribution in [2.45, 2.75) is 6.42 Å². The van der Waals surface area contributed by atoms with E-state index >= 15 is 0 Å². The molecule has 0 radical (unpaired) electrons. The zero-order valence-corrected chi connectivity index (χ0v) is 19.2. The summed E-state index contributed by atoms with van der Waals surface area (Å²) in [7, 11) is 0. The summed E-state index contributed by atoms with van der Waals surface area (Å²) in [6.45, 7) is 0. The molecule has 0 fully saturated rings. The van der Waals surface area contributed by atoms with Crippen LogP contribution in [0.25, 0.3) is 0 Å². The Hall–Kier alpha value is -2.22. The van der Waals surface area contributed by atoms with E-state index in [4.69, 9.17) is 30.6 Å². The number of rotatable bonds is 4. The van der Waals surface area contributed by atoms with Crippen LogP contribution in [0.15, 0.2) is 80.0 Å². The molecule has 2 aromatic carbocycles. The standard InChI is InChI=1S/C19H16I2.2NO3/c1-3-7-16(8-4-1)20-18-14-11-12-15(13-14)19(18)21-17-9-5-2-6-10-17;2*2-1(3)4/h1-12,14-15H,13H2;;/q+2;2*-1. The van der Waals surface area contributed by atoms with Crippen molar-refractivity contribution in [3.05, 3.63) is 118 Å². The summed E-state index contributed by atoms with van der Waals surface area (Å²) in [4.78, 5) is 16.5. The summed E-state index contributed by atoms with van der Waals surface area (Å²) in [5.41, 5.74) is 0. The molecular weight excluding hydrogens is 606 g/mol. The van der Waals surface area contributed by atoms with E-state index in [9.17, 15) is 0 Å². The molecule has 152 valence electrons. The van der Waals surface area contributed by atoms with Crippen LogP contribution in [0.2, 0.25) is 0 Å². The first-order valence-electron chi connectivity index (χ1n) is 8.32. The fraction of sp³-hybridized carbons (Fsp3) is 0.158. The fourth-order valence-electron chi connectivity index (χ4n) is 2.85. The molecule has 10 heteroatoms. The van der Waals surface area contributed by atoms with Gasteiger partial charge in [0, 0.05) is 0 Å². The summed E-state index contributed by atoms with van der Waals surface area (Å²) in [6.07, 6.45) is 6.31. The van der Waals surface area contributed by atoms with Gasteiger partial charge in [0.15, 0.2) is 7.14 Å². The van der Waals surface area contributed by atoms with Crippen molar-refractivity contribution < 1.29 is 52.6 Å². The van der Waals surface area contributed by atoms with Gasteiger partial charge in [-0.1, -0.05) is 48.6 Å². The van der Waals surface area contributed by atoms with Gasteiger partial charge in [0.2, 0.25) is 7.16 Å². The normalized spacial score (nSPS) is 18.3. The van der Waals surface area contributed by atoms with E-state index in [2.05, 4.69) is 72.8 Å². The van der Waals surface area contributed by atoms with Crippen molar-refractivity contribution in [3.8, 4) is 0 Å². The van der Waals surface area contributed by atoms with Crippen LogP contribution in [-0.2, 0) is 0 Å². The monoisotopic (exact) mass is 622 g/mol. The van der Waals surface area contributed by atoms with Crippen LogP contribution >= 0.6 is 0 Å². The van der Waals surface area contributed by atoms with Gasteiger partial charge >= 0.3 is 42.4 Å². The lowest BCUT2D eigenvalue weighted by atomic mass is 10.2. The van der Waals surface area contributed by atoms with Crippen LogP contribution in [0.4, 0.5) is 0 Å².